The number of oxime groups is 1. The van der Waals surface area contributed by atoms with Crippen LogP contribution >= 0.6 is 0 Å². The zero-order valence-corrected chi connectivity index (χ0v) is 18.7. The Kier molecular flexibility index (Phi) is 8.65. The molecule has 180 valence electrons. The van der Waals surface area contributed by atoms with Crippen molar-refractivity contribution >= 4 is 23.6 Å². The van der Waals surface area contributed by atoms with Crippen LogP contribution in [0.15, 0.2) is 29.4 Å². The van der Waals surface area contributed by atoms with Gasteiger partial charge in [0, 0.05) is 18.7 Å². The monoisotopic (exact) mass is 459 g/mol. The standard InChI is InChI=1S/C23H33N5O5/c24-21(27-33)17-10-8-15(9-11-17)13-26-22(31)18-7-4-12-28(18)23(32)20(25-14-19(29)30)16-5-2-1-3-6-16/h8-11,16,18,20,25,33H,1-7,12-14H2,(H2,24,27)(H,26,31)(H,29,30)/t18-,20+/m0/s1. The quantitative estimate of drug-likeness (QED) is 0.160. The van der Waals surface area contributed by atoms with Crippen LogP contribution in [0, 0.1) is 5.92 Å². The number of amidine groups is 1. The van der Waals surface area contributed by atoms with Gasteiger partial charge in [-0.2, -0.15) is 0 Å². The summed E-state index contributed by atoms with van der Waals surface area (Å²) in [6.07, 6.45) is 6.27. The Bertz CT molecular complexity index is 866. The van der Waals surface area contributed by atoms with Gasteiger partial charge in [-0.05, 0) is 37.2 Å². The van der Waals surface area contributed by atoms with E-state index in [1.54, 1.807) is 29.2 Å². The van der Waals surface area contributed by atoms with Crippen LogP contribution in [0.25, 0.3) is 0 Å². The number of benzene rings is 1. The fourth-order valence-electron chi connectivity index (χ4n) is 4.76. The molecule has 1 aliphatic heterocycles. The van der Waals surface area contributed by atoms with E-state index in [2.05, 4.69) is 15.8 Å². The molecular formula is C23H33N5O5. The van der Waals surface area contributed by atoms with Gasteiger partial charge in [0.15, 0.2) is 5.84 Å². The average molecular weight is 460 g/mol. The second kappa shape index (κ2) is 11.6. The second-order valence-corrected chi connectivity index (χ2v) is 8.74. The summed E-state index contributed by atoms with van der Waals surface area (Å²) in [6, 6.07) is 5.81. The van der Waals surface area contributed by atoms with Crippen molar-refractivity contribution in [2.75, 3.05) is 13.1 Å². The minimum atomic E-state index is -1.00. The normalized spacial score (nSPS) is 20.4. The van der Waals surface area contributed by atoms with E-state index in [1.165, 1.54) is 0 Å². The first-order valence-electron chi connectivity index (χ1n) is 11.5. The Balaban J connectivity index is 1.63. The molecule has 10 heteroatoms. The van der Waals surface area contributed by atoms with Gasteiger partial charge in [-0.3, -0.25) is 19.7 Å². The molecular weight excluding hydrogens is 426 g/mol. The van der Waals surface area contributed by atoms with Crippen LogP contribution in [0.1, 0.15) is 56.1 Å². The first kappa shape index (κ1) is 24.5. The molecule has 0 aromatic heterocycles. The molecule has 0 spiro atoms. The molecule has 1 saturated heterocycles. The van der Waals surface area contributed by atoms with Crippen molar-refractivity contribution in [3.63, 3.8) is 0 Å². The molecule has 10 nitrogen and oxygen atoms in total. The maximum absolute atomic E-state index is 13.4. The van der Waals surface area contributed by atoms with Gasteiger partial charge in [0.25, 0.3) is 0 Å². The molecule has 1 aromatic rings. The number of nitrogens with zero attached hydrogens (tertiary/aromatic N) is 2. The van der Waals surface area contributed by atoms with E-state index < -0.39 is 18.1 Å². The van der Waals surface area contributed by atoms with Gasteiger partial charge < -0.3 is 26.3 Å². The third-order valence-corrected chi connectivity index (χ3v) is 6.52. The van der Waals surface area contributed by atoms with Crippen LogP contribution in [0.4, 0.5) is 0 Å². The number of nitrogens with two attached hydrogens (primary N) is 1. The molecule has 1 aliphatic carbocycles. The number of nitrogens with one attached hydrogen (secondary N) is 2. The number of carbonyl (C=O) groups excluding carboxylic acids is 2. The first-order chi connectivity index (χ1) is 15.9. The molecule has 2 atom stereocenters. The van der Waals surface area contributed by atoms with Gasteiger partial charge in [-0.25, -0.2) is 0 Å². The molecule has 0 bridgehead atoms. The molecule has 2 aliphatic rings. The Morgan fingerprint density at radius 1 is 1.09 bits per heavy atom. The van der Waals surface area contributed by atoms with Crippen LogP contribution in [0.2, 0.25) is 0 Å². The van der Waals surface area contributed by atoms with E-state index in [0.717, 1.165) is 44.1 Å². The van der Waals surface area contributed by atoms with Crippen molar-refractivity contribution in [2.45, 2.75) is 63.6 Å². The summed E-state index contributed by atoms with van der Waals surface area (Å²) in [7, 11) is 0. The van der Waals surface area contributed by atoms with E-state index >= 15 is 0 Å². The predicted octanol–water partition coefficient (Wildman–Crippen LogP) is 1.01. The summed E-state index contributed by atoms with van der Waals surface area (Å²) in [6.45, 7) is 0.500. The molecule has 0 unspecified atom stereocenters. The number of carbonyl (C=O) groups is 3. The van der Waals surface area contributed by atoms with Crippen molar-refractivity contribution in [1.82, 2.24) is 15.5 Å². The van der Waals surface area contributed by atoms with Gasteiger partial charge in [0.05, 0.1) is 12.6 Å². The van der Waals surface area contributed by atoms with Gasteiger partial charge in [-0.15, -0.1) is 0 Å². The van der Waals surface area contributed by atoms with Crippen LogP contribution in [0.3, 0.4) is 0 Å². The summed E-state index contributed by atoms with van der Waals surface area (Å²) in [5.41, 5.74) is 6.98. The summed E-state index contributed by atoms with van der Waals surface area (Å²) in [5, 5.41) is 26.7. The number of likely N-dealkylation sites (tertiary alicyclic amines) is 1. The van der Waals surface area contributed by atoms with Crippen molar-refractivity contribution in [3.05, 3.63) is 35.4 Å². The lowest BCUT2D eigenvalue weighted by atomic mass is 9.83. The smallest absolute Gasteiger partial charge is 0.317 e. The minimum absolute atomic E-state index is 0.00900. The maximum Gasteiger partial charge on any atom is 0.317 e. The highest BCUT2D eigenvalue weighted by Crippen LogP contribution is 2.29. The zero-order chi connectivity index (χ0) is 23.8. The fourth-order valence-corrected chi connectivity index (χ4v) is 4.76. The van der Waals surface area contributed by atoms with Crippen molar-refractivity contribution < 1.29 is 24.7 Å². The Labute approximate surface area is 193 Å². The van der Waals surface area contributed by atoms with Crippen LogP contribution < -0.4 is 16.4 Å². The number of carboxylic acids is 1. The summed E-state index contributed by atoms with van der Waals surface area (Å²) >= 11 is 0. The number of aliphatic carboxylic acids is 1. The molecule has 1 saturated carbocycles. The van der Waals surface area contributed by atoms with Gasteiger partial charge >= 0.3 is 5.97 Å². The number of hydrogen-bond donors (Lipinski definition) is 5. The first-order valence-corrected chi connectivity index (χ1v) is 11.5. The molecule has 33 heavy (non-hydrogen) atoms. The Hall–Kier alpha value is -3.14. The number of amides is 2. The topological polar surface area (TPSA) is 157 Å². The van der Waals surface area contributed by atoms with E-state index in [1.807, 2.05) is 0 Å². The summed E-state index contributed by atoms with van der Waals surface area (Å²) in [4.78, 5) is 39.1. The van der Waals surface area contributed by atoms with E-state index in [9.17, 15) is 14.4 Å². The third-order valence-electron chi connectivity index (χ3n) is 6.52. The number of rotatable bonds is 9. The van der Waals surface area contributed by atoms with E-state index in [4.69, 9.17) is 16.0 Å². The number of hydrogen-bond acceptors (Lipinski definition) is 6. The SMILES string of the molecule is N/C(=N\O)c1ccc(CNC(=O)[C@@H]2CCCN2C(=O)[C@H](NCC(=O)O)C2CCCCC2)cc1. The van der Waals surface area contributed by atoms with Gasteiger partial charge in [-0.1, -0.05) is 48.7 Å². The van der Waals surface area contributed by atoms with Crippen molar-refractivity contribution in [2.24, 2.45) is 16.8 Å². The fraction of sp³-hybridized carbons (Fsp3) is 0.565. The highest BCUT2D eigenvalue weighted by Gasteiger charge is 2.39. The van der Waals surface area contributed by atoms with Gasteiger partial charge in [0.1, 0.15) is 6.04 Å². The lowest BCUT2D eigenvalue weighted by Gasteiger charge is -2.34. The van der Waals surface area contributed by atoms with Crippen LogP contribution in [-0.4, -0.2) is 64.0 Å². The second-order valence-electron chi connectivity index (χ2n) is 8.74. The Morgan fingerprint density at radius 2 is 1.79 bits per heavy atom. The molecule has 2 amide bonds. The lowest BCUT2D eigenvalue weighted by Crippen LogP contribution is -2.55. The Morgan fingerprint density at radius 3 is 2.42 bits per heavy atom. The molecule has 6 N–H and O–H groups in total. The molecule has 1 heterocycles. The molecule has 0 radical (unpaired) electrons. The minimum Gasteiger partial charge on any atom is -0.480 e. The van der Waals surface area contributed by atoms with E-state index in [0.29, 0.717) is 18.5 Å². The molecule has 2 fully saturated rings. The van der Waals surface area contributed by atoms with Crippen LogP contribution in [-0.2, 0) is 20.9 Å². The highest BCUT2D eigenvalue weighted by molar-refractivity contribution is 5.97. The lowest BCUT2D eigenvalue weighted by molar-refractivity contribution is -0.142. The van der Waals surface area contributed by atoms with E-state index in [-0.39, 0.29) is 36.7 Å². The molecule has 3 rings (SSSR count). The third kappa shape index (κ3) is 6.44. The van der Waals surface area contributed by atoms with Crippen molar-refractivity contribution in [3.8, 4) is 0 Å². The predicted molar refractivity (Wildman–Crippen MR) is 122 cm³/mol. The van der Waals surface area contributed by atoms with Crippen LogP contribution in [0.5, 0.6) is 0 Å². The maximum atomic E-state index is 13.4. The summed E-state index contributed by atoms with van der Waals surface area (Å²) in [5.74, 6) is -1.30. The molecule has 1 aromatic carbocycles. The number of carboxylic acid groups (broad SMARTS) is 1. The average Bonchev–Trinajstić information content (AvgIpc) is 3.33. The van der Waals surface area contributed by atoms with Gasteiger partial charge in [0.2, 0.25) is 11.8 Å². The summed E-state index contributed by atoms with van der Waals surface area (Å²) < 4.78 is 0. The van der Waals surface area contributed by atoms with Crippen molar-refractivity contribution in [1.29, 1.82) is 0 Å². The highest BCUT2D eigenvalue weighted by atomic mass is 16.4. The zero-order valence-electron chi connectivity index (χ0n) is 18.7. The largest absolute Gasteiger partial charge is 0.480 e.